The van der Waals surface area contributed by atoms with Crippen LogP contribution in [0.1, 0.15) is 51.5 Å². The summed E-state index contributed by atoms with van der Waals surface area (Å²) in [6.45, 7) is 5.59. The molecule has 1 aliphatic rings. The van der Waals surface area contributed by atoms with Crippen molar-refractivity contribution in [3.63, 3.8) is 0 Å². The molecule has 0 aliphatic carbocycles. The molecule has 1 fully saturated rings. The Hall–Kier alpha value is -2.59. The predicted octanol–water partition coefficient (Wildman–Crippen LogP) is 2.75. The molecular formula is C24H36N2O7S. The van der Waals surface area contributed by atoms with Gasteiger partial charge in [-0.2, -0.15) is 0 Å². The highest BCUT2D eigenvalue weighted by molar-refractivity contribution is 7.90. The molecule has 0 atom stereocenters. The number of unbranched alkanes of at least 4 members (excludes halogenated alkanes) is 2. The van der Waals surface area contributed by atoms with Crippen LogP contribution >= 0.6 is 0 Å². The summed E-state index contributed by atoms with van der Waals surface area (Å²) in [5.41, 5.74) is 0.617. The zero-order chi connectivity index (χ0) is 25.0. The van der Waals surface area contributed by atoms with E-state index in [1.165, 1.54) is 12.2 Å². The highest BCUT2D eigenvalue weighted by Gasteiger charge is 2.23. The normalized spacial score (nSPS) is 14.9. The van der Waals surface area contributed by atoms with E-state index in [0.29, 0.717) is 62.6 Å². The number of carbonyl (C=O) groups excluding carboxylic acids is 2. The van der Waals surface area contributed by atoms with Gasteiger partial charge in [0.15, 0.2) is 0 Å². The lowest BCUT2D eigenvalue weighted by atomic mass is 10.1. The molecule has 0 spiro atoms. The monoisotopic (exact) mass is 496 g/mol. The highest BCUT2D eigenvalue weighted by Crippen LogP contribution is 2.29. The number of hydrogen-bond donors (Lipinski definition) is 1. The van der Waals surface area contributed by atoms with Crippen molar-refractivity contribution >= 4 is 27.9 Å². The number of amides is 2. The SMILES string of the molecule is CCCCCS(=O)(=O)NC(=O)C=Cc1ccc(OCCOC)cc1OC1CCN(C(C)=O)CC1. The summed E-state index contributed by atoms with van der Waals surface area (Å²) in [6.07, 6.45) is 6.18. The predicted molar refractivity (Wildman–Crippen MR) is 130 cm³/mol. The molecule has 190 valence electrons. The molecule has 34 heavy (non-hydrogen) atoms. The van der Waals surface area contributed by atoms with E-state index < -0.39 is 15.9 Å². The Balaban J connectivity index is 2.10. The molecule has 0 unspecified atom stereocenters. The molecule has 9 nitrogen and oxygen atoms in total. The van der Waals surface area contributed by atoms with Crippen LogP contribution in [-0.2, 0) is 24.3 Å². The largest absolute Gasteiger partial charge is 0.491 e. The zero-order valence-electron chi connectivity index (χ0n) is 20.2. The quantitative estimate of drug-likeness (QED) is 0.330. The fourth-order valence-electron chi connectivity index (χ4n) is 3.50. The number of hydrogen-bond acceptors (Lipinski definition) is 7. The van der Waals surface area contributed by atoms with Crippen molar-refractivity contribution in [2.24, 2.45) is 0 Å². The third-order valence-corrected chi connectivity index (χ3v) is 6.75. The van der Waals surface area contributed by atoms with Crippen LogP contribution in [0.5, 0.6) is 11.5 Å². The maximum atomic E-state index is 12.2. The third kappa shape index (κ3) is 9.72. The Morgan fingerprint density at radius 1 is 1.18 bits per heavy atom. The second kappa shape index (κ2) is 14.0. The number of piperidine rings is 1. The summed E-state index contributed by atoms with van der Waals surface area (Å²) in [7, 11) is -2.08. The lowest BCUT2D eigenvalue weighted by molar-refractivity contribution is -0.130. The van der Waals surface area contributed by atoms with Gasteiger partial charge in [-0.25, -0.2) is 13.1 Å². The molecule has 0 aromatic heterocycles. The first kappa shape index (κ1) is 27.7. The number of methoxy groups -OCH3 is 1. The molecule has 1 aromatic rings. The number of sulfonamides is 1. The van der Waals surface area contributed by atoms with Crippen molar-refractivity contribution in [1.29, 1.82) is 0 Å². The van der Waals surface area contributed by atoms with Crippen molar-refractivity contribution in [1.82, 2.24) is 9.62 Å². The molecule has 2 amide bonds. The maximum Gasteiger partial charge on any atom is 0.257 e. The van der Waals surface area contributed by atoms with Gasteiger partial charge in [-0.05, 0) is 24.6 Å². The molecule has 1 N–H and O–H groups in total. The first-order valence-electron chi connectivity index (χ1n) is 11.6. The highest BCUT2D eigenvalue weighted by atomic mass is 32.2. The minimum absolute atomic E-state index is 0.0475. The molecule has 1 aromatic carbocycles. The molecule has 2 rings (SSSR count). The van der Waals surface area contributed by atoms with Crippen LogP contribution in [0.3, 0.4) is 0 Å². The van der Waals surface area contributed by atoms with E-state index in [0.717, 1.165) is 12.8 Å². The summed E-state index contributed by atoms with van der Waals surface area (Å²) in [5, 5.41) is 0. The minimum atomic E-state index is -3.67. The van der Waals surface area contributed by atoms with Gasteiger partial charge in [0.25, 0.3) is 5.91 Å². The average molecular weight is 497 g/mol. The smallest absolute Gasteiger partial charge is 0.257 e. The standard InChI is InChI=1S/C24H36N2O7S/c1-4-5-6-17-34(29,30)25-24(28)10-8-20-7-9-22(32-16-15-31-3)18-23(20)33-21-11-13-26(14-12-21)19(2)27/h7-10,18,21H,4-6,11-17H2,1-3H3,(H,25,28). The van der Waals surface area contributed by atoms with Crippen molar-refractivity contribution in [2.45, 2.75) is 52.1 Å². The van der Waals surface area contributed by atoms with E-state index in [1.807, 2.05) is 6.92 Å². The van der Waals surface area contributed by atoms with Gasteiger partial charge < -0.3 is 19.1 Å². The Morgan fingerprint density at radius 2 is 1.91 bits per heavy atom. The van der Waals surface area contributed by atoms with Gasteiger partial charge in [-0.1, -0.05) is 19.8 Å². The molecule has 1 saturated heterocycles. The van der Waals surface area contributed by atoms with Gasteiger partial charge in [-0.3, -0.25) is 9.59 Å². The van der Waals surface area contributed by atoms with Crippen LogP contribution in [0.2, 0.25) is 0 Å². The first-order chi connectivity index (χ1) is 16.2. The van der Waals surface area contributed by atoms with Crippen LogP contribution in [0.25, 0.3) is 6.08 Å². The van der Waals surface area contributed by atoms with Crippen molar-refractivity contribution in [3.05, 3.63) is 29.8 Å². The second-order valence-corrected chi connectivity index (χ2v) is 10.0. The lowest BCUT2D eigenvalue weighted by Gasteiger charge is -2.31. The number of nitrogens with zero attached hydrogens (tertiary/aromatic N) is 1. The Kier molecular flexibility index (Phi) is 11.4. The minimum Gasteiger partial charge on any atom is -0.491 e. The summed E-state index contributed by atoms with van der Waals surface area (Å²) in [5.74, 6) is 0.365. The maximum absolute atomic E-state index is 12.2. The van der Waals surface area contributed by atoms with E-state index in [9.17, 15) is 18.0 Å². The van der Waals surface area contributed by atoms with Crippen molar-refractivity contribution in [2.75, 3.05) is 39.2 Å². The van der Waals surface area contributed by atoms with E-state index in [-0.39, 0.29) is 17.8 Å². The molecule has 1 heterocycles. The summed E-state index contributed by atoms with van der Waals surface area (Å²) < 4.78 is 43.1. The van der Waals surface area contributed by atoms with Gasteiger partial charge in [0.2, 0.25) is 15.9 Å². The van der Waals surface area contributed by atoms with Crippen molar-refractivity contribution < 1.29 is 32.2 Å². The van der Waals surface area contributed by atoms with Gasteiger partial charge in [0, 0.05) is 57.7 Å². The number of rotatable bonds is 13. The number of carbonyl (C=O) groups is 2. The van der Waals surface area contributed by atoms with Gasteiger partial charge in [0.05, 0.1) is 12.4 Å². The lowest BCUT2D eigenvalue weighted by Crippen LogP contribution is -2.40. The Labute approximate surface area is 202 Å². The summed E-state index contributed by atoms with van der Waals surface area (Å²) in [6, 6.07) is 5.24. The number of likely N-dealkylation sites (tertiary alicyclic amines) is 1. The van der Waals surface area contributed by atoms with Crippen LogP contribution in [0.15, 0.2) is 24.3 Å². The number of nitrogens with one attached hydrogen (secondary N) is 1. The summed E-state index contributed by atoms with van der Waals surface area (Å²) >= 11 is 0. The van der Waals surface area contributed by atoms with Gasteiger partial charge in [0.1, 0.15) is 24.2 Å². The number of ether oxygens (including phenoxy) is 3. The number of benzene rings is 1. The van der Waals surface area contributed by atoms with E-state index in [1.54, 1.807) is 37.1 Å². The van der Waals surface area contributed by atoms with Crippen LogP contribution < -0.4 is 14.2 Å². The van der Waals surface area contributed by atoms with Gasteiger partial charge >= 0.3 is 0 Å². The molecule has 10 heteroatoms. The fourth-order valence-corrected chi connectivity index (χ4v) is 4.56. The Morgan fingerprint density at radius 3 is 2.56 bits per heavy atom. The second-order valence-electron chi connectivity index (χ2n) is 8.19. The van der Waals surface area contributed by atoms with E-state index in [2.05, 4.69) is 4.72 Å². The van der Waals surface area contributed by atoms with Crippen LogP contribution in [-0.4, -0.2) is 70.4 Å². The van der Waals surface area contributed by atoms with Crippen LogP contribution in [0, 0.1) is 0 Å². The van der Waals surface area contributed by atoms with E-state index >= 15 is 0 Å². The molecular weight excluding hydrogens is 460 g/mol. The fraction of sp³-hybridized carbons (Fsp3) is 0.583. The van der Waals surface area contributed by atoms with Crippen LogP contribution in [0.4, 0.5) is 0 Å². The third-order valence-electron chi connectivity index (χ3n) is 5.41. The van der Waals surface area contributed by atoms with E-state index in [4.69, 9.17) is 14.2 Å². The molecule has 0 radical (unpaired) electrons. The first-order valence-corrected chi connectivity index (χ1v) is 13.3. The van der Waals surface area contributed by atoms with Gasteiger partial charge in [-0.15, -0.1) is 0 Å². The van der Waals surface area contributed by atoms with Crippen molar-refractivity contribution in [3.8, 4) is 11.5 Å². The Bertz CT molecular complexity index is 939. The molecule has 0 saturated carbocycles. The topological polar surface area (TPSA) is 111 Å². The molecule has 0 bridgehead atoms. The summed E-state index contributed by atoms with van der Waals surface area (Å²) in [4.78, 5) is 25.6. The molecule has 1 aliphatic heterocycles. The average Bonchev–Trinajstić information content (AvgIpc) is 2.79. The zero-order valence-corrected chi connectivity index (χ0v) is 21.1.